The van der Waals surface area contributed by atoms with Crippen LogP contribution in [-0.4, -0.2) is 40.0 Å². The number of aromatic nitrogens is 1. The molecule has 1 aromatic carbocycles. The Balaban J connectivity index is 1.96. The lowest BCUT2D eigenvalue weighted by Gasteiger charge is -2.23. The summed E-state index contributed by atoms with van der Waals surface area (Å²) < 4.78 is 26.5. The number of aliphatic hydroxyl groups excluding tert-OH is 1. The van der Waals surface area contributed by atoms with E-state index in [0.717, 1.165) is 23.8 Å². The maximum Gasteiger partial charge on any atom is 0.404 e. The Morgan fingerprint density at radius 2 is 1.92 bits per heavy atom. The lowest BCUT2D eigenvalue weighted by atomic mass is 10.0. The van der Waals surface area contributed by atoms with Gasteiger partial charge in [-0.05, 0) is 35.7 Å². The lowest BCUT2D eigenvalue weighted by molar-refractivity contribution is 0.117. The van der Waals surface area contributed by atoms with Crippen molar-refractivity contribution in [3.8, 4) is 0 Å². The van der Waals surface area contributed by atoms with Crippen LogP contribution in [0.5, 0.6) is 0 Å². The minimum absolute atomic E-state index is 0.0449. The molecule has 1 heterocycles. The van der Waals surface area contributed by atoms with Crippen molar-refractivity contribution in [1.82, 2.24) is 15.6 Å². The summed E-state index contributed by atoms with van der Waals surface area (Å²) in [6, 6.07) is 5.66. The monoisotopic (exact) mass is 351 g/mol. The van der Waals surface area contributed by atoms with Crippen LogP contribution in [0.3, 0.4) is 0 Å². The standard InChI is InChI=1S/C17H19F2N3O3/c18-13-4-12(5-14(19)7-13)6-15(22-17(24)25)16(23)10-21-9-11-2-1-3-20-8-11/h1-5,7-8,15-16,21-23H,6,9-10H2,(H,24,25)/t15-,16-/m0/s1. The lowest BCUT2D eigenvalue weighted by Crippen LogP contribution is -2.48. The molecule has 6 nitrogen and oxygen atoms in total. The molecule has 0 unspecified atom stereocenters. The highest BCUT2D eigenvalue weighted by Gasteiger charge is 2.22. The first-order valence-electron chi connectivity index (χ1n) is 7.66. The van der Waals surface area contributed by atoms with Crippen LogP contribution in [0.15, 0.2) is 42.7 Å². The topological polar surface area (TPSA) is 94.5 Å². The van der Waals surface area contributed by atoms with E-state index in [1.54, 1.807) is 18.5 Å². The Bertz CT molecular complexity index is 681. The summed E-state index contributed by atoms with van der Waals surface area (Å²) in [6.45, 7) is 0.539. The number of nitrogens with zero attached hydrogens (tertiary/aromatic N) is 1. The van der Waals surface area contributed by atoms with Crippen molar-refractivity contribution in [1.29, 1.82) is 0 Å². The Morgan fingerprint density at radius 3 is 2.52 bits per heavy atom. The van der Waals surface area contributed by atoms with E-state index in [1.165, 1.54) is 0 Å². The van der Waals surface area contributed by atoms with E-state index in [-0.39, 0.29) is 18.5 Å². The molecule has 0 saturated carbocycles. The van der Waals surface area contributed by atoms with Crippen molar-refractivity contribution in [3.05, 3.63) is 65.5 Å². The Hall–Kier alpha value is -2.58. The average Bonchev–Trinajstić information content (AvgIpc) is 2.54. The van der Waals surface area contributed by atoms with Gasteiger partial charge in [0.25, 0.3) is 0 Å². The highest BCUT2D eigenvalue weighted by atomic mass is 19.1. The number of carboxylic acid groups (broad SMARTS) is 1. The molecule has 1 aromatic heterocycles. The van der Waals surface area contributed by atoms with Gasteiger partial charge in [-0.25, -0.2) is 13.6 Å². The molecule has 1 amide bonds. The van der Waals surface area contributed by atoms with Crippen LogP contribution in [0.2, 0.25) is 0 Å². The zero-order valence-corrected chi connectivity index (χ0v) is 13.3. The van der Waals surface area contributed by atoms with Gasteiger partial charge < -0.3 is 20.8 Å². The third kappa shape index (κ3) is 6.44. The molecule has 2 aromatic rings. The molecule has 25 heavy (non-hydrogen) atoms. The number of benzene rings is 1. The van der Waals surface area contributed by atoms with Gasteiger partial charge in [0.1, 0.15) is 11.6 Å². The number of pyridine rings is 1. The molecule has 0 aliphatic heterocycles. The van der Waals surface area contributed by atoms with Gasteiger partial charge in [0.15, 0.2) is 0 Å². The molecule has 134 valence electrons. The van der Waals surface area contributed by atoms with Gasteiger partial charge in [0.05, 0.1) is 12.1 Å². The quantitative estimate of drug-likeness (QED) is 0.581. The number of carbonyl (C=O) groups is 1. The second-order valence-electron chi connectivity index (χ2n) is 5.60. The Morgan fingerprint density at radius 1 is 1.20 bits per heavy atom. The van der Waals surface area contributed by atoms with E-state index in [9.17, 15) is 18.7 Å². The molecule has 2 atom stereocenters. The molecule has 0 bridgehead atoms. The number of hydrogen-bond acceptors (Lipinski definition) is 4. The fraction of sp³-hybridized carbons (Fsp3) is 0.294. The van der Waals surface area contributed by atoms with E-state index in [0.29, 0.717) is 6.54 Å². The predicted octanol–water partition coefficient (Wildman–Crippen LogP) is 1.69. The summed E-state index contributed by atoms with van der Waals surface area (Å²) in [6.07, 6.45) is 0.856. The summed E-state index contributed by atoms with van der Waals surface area (Å²) in [7, 11) is 0. The number of halogens is 2. The second kappa shape index (κ2) is 9.05. The van der Waals surface area contributed by atoms with E-state index in [4.69, 9.17) is 5.11 Å². The molecule has 0 aliphatic carbocycles. The smallest absolute Gasteiger partial charge is 0.404 e. The summed E-state index contributed by atoms with van der Waals surface area (Å²) >= 11 is 0. The van der Waals surface area contributed by atoms with Crippen LogP contribution in [0, 0.1) is 11.6 Å². The van der Waals surface area contributed by atoms with Crippen molar-refractivity contribution >= 4 is 6.09 Å². The van der Waals surface area contributed by atoms with Crippen LogP contribution in [0.25, 0.3) is 0 Å². The van der Waals surface area contributed by atoms with Gasteiger partial charge in [-0.1, -0.05) is 6.07 Å². The first-order valence-corrected chi connectivity index (χ1v) is 7.66. The van der Waals surface area contributed by atoms with Crippen LogP contribution in [0.1, 0.15) is 11.1 Å². The van der Waals surface area contributed by atoms with Crippen molar-refractivity contribution < 1.29 is 23.8 Å². The molecule has 8 heteroatoms. The maximum absolute atomic E-state index is 13.3. The van der Waals surface area contributed by atoms with Crippen LogP contribution < -0.4 is 10.6 Å². The van der Waals surface area contributed by atoms with Crippen molar-refractivity contribution in [2.45, 2.75) is 25.1 Å². The zero-order chi connectivity index (χ0) is 18.2. The molecule has 0 aliphatic rings. The second-order valence-corrected chi connectivity index (χ2v) is 5.60. The molecule has 0 saturated heterocycles. The molecule has 0 radical (unpaired) electrons. The van der Waals surface area contributed by atoms with Gasteiger partial charge in [0, 0.05) is 31.5 Å². The summed E-state index contributed by atoms with van der Waals surface area (Å²) in [5.41, 5.74) is 1.16. The molecule has 4 N–H and O–H groups in total. The fourth-order valence-electron chi connectivity index (χ4n) is 2.43. The Kier molecular flexibility index (Phi) is 6.79. The van der Waals surface area contributed by atoms with Gasteiger partial charge in [-0.2, -0.15) is 0 Å². The van der Waals surface area contributed by atoms with Crippen molar-refractivity contribution in [3.63, 3.8) is 0 Å². The molecule has 0 spiro atoms. The number of amides is 1. The highest BCUT2D eigenvalue weighted by Crippen LogP contribution is 2.12. The number of aliphatic hydroxyl groups is 1. The summed E-state index contributed by atoms with van der Waals surface area (Å²) in [5.74, 6) is -1.51. The zero-order valence-electron chi connectivity index (χ0n) is 13.3. The van der Waals surface area contributed by atoms with Crippen LogP contribution in [0.4, 0.5) is 13.6 Å². The van der Waals surface area contributed by atoms with Crippen LogP contribution in [-0.2, 0) is 13.0 Å². The molecule has 0 fully saturated rings. The number of rotatable bonds is 8. The third-order valence-corrected chi connectivity index (χ3v) is 3.56. The first-order chi connectivity index (χ1) is 11.9. The third-order valence-electron chi connectivity index (χ3n) is 3.56. The normalized spacial score (nSPS) is 13.2. The SMILES string of the molecule is O=C(O)N[C@@H](Cc1cc(F)cc(F)c1)[C@@H](O)CNCc1cccnc1. The Labute approximate surface area is 143 Å². The van der Waals surface area contributed by atoms with Gasteiger partial charge >= 0.3 is 6.09 Å². The molecular weight excluding hydrogens is 332 g/mol. The number of hydrogen-bond donors (Lipinski definition) is 4. The maximum atomic E-state index is 13.3. The van der Waals surface area contributed by atoms with E-state index in [2.05, 4.69) is 15.6 Å². The minimum Gasteiger partial charge on any atom is -0.465 e. The van der Waals surface area contributed by atoms with Crippen molar-refractivity contribution in [2.24, 2.45) is 0 Å². The summed E-state index contributed by atoms with van der Waals surface area (Å²) in [4.78, 5) is 14.9. The highest BCUT2D eigenvalue weighted by molar-refractivity contribution is 5.65. The van der Waals surface area contributed by atoms with E-state index < -0.39 is 29.9 Å². The molecular formula is C17H19F2N3O3. The average molecular weight is 351 g/mol. The van der Waals surface area contributed by atoms with E-state index in [1.807, 2.05) is 6.07 Å². The minimum atomic E-state index is -1.33. The summed E-state index contributed by atoms with van der Waals surface area (Å²) in [5, 5.41) is 24.3. The molecule has 2 rings (SSSR count). The van der Waals surface area contributed by atoms with Crippen LogP contribution >= 0.6 is 0 Å². The first kappa shape index (κ1) is 18.8. The van der Waals surface area contributed by atoms with Gasteiger partial charge in [0.2, 0.25) is 0 Å². The fourth-order valence-corrected chi connectivity index (χ4v) is 2.43. The van der Waals surface area contributed by atoms with Gasteiger partial charge in [-0.15, -0.1) is 0 Å². The van der Waals surface area contributed by atoms with Gasteiger partial charge in [-0.3, -0.25) is 4.98 Å². The largest absolute Gasteiger partial charge is 0.465 e. The van der Waals surface area contributed by atoms with Crippen molar-refractivity contribution in [2.75, 3.05) is 6.54 Å². The van der Waals surface area contributed by atoms with E-state index >= 15 is 0 Å². The number of nitrogens with one attached hydrogen (secondary N) is 2. The predicted molar refractivity (Wildman–Crippen MR) is 87.0 cm³/mol.